The Kier molecular flexibility index (Phi) is 10.2. The molecule has 0 bridgehead atoms. The Labute approximate surface area is 219 Å². The van der Waals surface area contributed by atoms with Crippen molar-refractivity contribution in [1.82, 2.24) is 0 Å². The lowest BCUT2D eigenvalue weighted by atomic mass is 10.0. The average molecular weight is 810 g/mol. The molecule has 0 saturated heterocycles. The van der Waals surface area contributed by atoms with Gasteiger partial charge >= 0.3 is 0 Å². The van der Waals surface area contributed by atoms with Gasteiger partial charge in [0, 0.05) is 11.4 Å². The first-order valence-corrected chi connectivity index (χ1v) is 14.7. The molecule has 154 valence electrons. The van der Waals surface area contributed by atoms with Crippen LogP contribution in [0.1, 0.15) is 11.1 Å². The molecule has 0 spiro atoms. The van der Waals surface area contributed by atoms with Crippen LogP contribution >= 0.6 is 95.6 Å². The Morgan fingerprint density at radius 3 is 1.14 bits per heavy atom. The minimum absolute atomic E-state index is 0.773. The number of nitrogens with one attached hydrogen (secondary N) is 2. The van der Waals surface area contributed by atoms with Crippen molar-refractivity contribution < 1.29 is 8.42 Å². The second-order valence-corrected chi connectivity index (χ2v) is 24.9. The lowest BCUT2D eigenvalue weighted by molar-refractivity contribution is 0.687. The second kappa shape index (κ2) is 11.2. The number of alkyl halides is 6. The zero-order valence-corrected chi connectivity index (χ0v) is 25.1. The van der Waals surface area contributed by atoms with E-state index in [0.717, 1.165) is 24.2 Å². The van der Waals surface area contributed by atoms with E-state index in [2.05, 4.69) is 105 Å². The Bertz CT molecular complexity index is 765. The van der Waals surface area contributed by atoms with E-state index in [9.17, 15) is 8.42 Å². The third-order valence-electron chi connectivity index (χ3n) is 3.45. The second-order valence-electron chi connectivity index (χ2n) is 5.53. The number of rotatable bonds is 7. The van der Waals surface area contributed by atoms with Crippen molar-refractivity contribution in [3.8, 4) is 0 Å². The highest BCUT2D eigenvalue weighted by Crippen LogP contribution is 2.38. The number of hydrogen-bond donors (Lipinski definition) is 2. The maximum Gasteiger partial charge on any atom is 0.228 e. The lowest BCUT2D eigenvalue weighted by Gasteiger charge is -2.14. The fourth-order valence-electron chi connectivity index (χ4n) is 2.10. The minimum Gasteiger partial charge on any atom is -0.303 e. The Hall–Kier alpha value is 1.22. The van der Waals surface area contributed by atoms with Crippen LogP contribution < -0.4 is 9.44 Å². The zero-order valence-electron chi connectivity index (χ0n) is 13.9. The molecule has 2 atom stereocenters. The molecule has 2 N–H and O–H groups in total. The predicted molar refractivity (Wildman–Crippen MR) is 143 cm³/mol. The molecule has 0 fully saturated rings. The maximum atomic E-state index is 12.0. The van der Waals surface area contributed by atoms with Gasteiger partial charge in [0.25, 0.3) is 0 Å². The summed E-state index contributed by atoms with van der Waals surface area (Å²) < 4.78 is 28.1. The number of benzene rings is 2. The van der Waals surface area contributed by atoms with Gasteiger partial charge in [0.1, 0.15) is 0 Å². The first-order valence-electron chi connectivity index (χ1n) is 7.63. The summed E-state index contributed by atoms with van der Waals surface area (Å²) in [5, 5.41) is 0. The summed E-state index contributed by atoms with van der Waals surface area (Å²) in [6.07, 6.45) is 1.77. The van der Waals surface area contributed by atoms with Gasteiger partial charge in [-0.05, 0) is 144 Å². The van der Waals surface area contributed by atoms with Gasteiger partial charge in [-0.25, -0.2) is 8.42 Å². The normalized spacial score (nSPS) is 14.4. The third-order valence-corrected chi connectivity index (χ3v) is 10.4. The standard InChI is InChI=1S/C16H14Br6N2O2S2/c17-15(18,19)27(25)23-13-7-3-11(4-8-13)1-2-12-5-9-14(10-6-12)24-28(26)16(20,21)22/h3-10,23-24H,1-2H2. The summed E-state index contributed by atoms with van der Waals surface area (Å²) in [6, 6.07) is 15.7. The molecule has 0 heterocycles. The molecule has 0 amide bonds. The van der Waals surface area contributed by atoms with Crippen molar-refractivity contribution in [2.45, 2.75) is 15.8 Å². The topological polar surface area (TPSA) is 58.2 Å². The average Bonchev–Trinajstić information content (AvgIpc) is 2.60. The minimum atomic E-state index is -1.38. The summed E-state index contributed by atoms with van der Waals surface area (Å²) in [5.41, 5.74) is 3.92. The van der Waals surface area contributed by atoms with Gasteiger partial charge in [0.15, 0.2) is 22.0 Å². The maximum absolute atomic E-state index is 12.0. The predicted octanol–water partition coefficient (Wildman–Crippen LogP) is 7.22. The molecule has 0 saturated carbocycles. The first-order chi connectivity index (χ1) is 12.9. The smallest absolute Gasteiger partial charge is 0.228 e. The van der Waals surface area contributed by atoms with Crippen LogP contribution in [0.3, 0.4) is 0 Å². The van der Waals surface area contributed by atoms with Crippen LogP contribution in [0.25, 0.3) is 0 Å². The van der Waals surface area contributed by atoms with E-state index in [-0.39, 0.29) is 0 Å². The van der Waals surface area contributed by atoms with Crippen molar-refractivity contribution in [3.05, 3.63) is 59.7 Å². The van der Waals surface area contributed by atoms with Crippen LogP contribution in [0.5, 0.6) is 0 Å². The molecule has 0 aliphatic heterocycles. The molecule has 2 unspecified atom stereocenters. The highest BCUT2D eigenvalue weighted by Gasteiger charge is 2.27. The van der Waals surface area contributed by atoms with E-state index >= 15 is 0 Å². The molecule has 0 aromatic heterocycles. The molecular weight excluding hydrogens is 796 g/mol. The largest absolute Gasteiger partial charge is 0.303 e. The van der Waals surface area contributed by atoms with Crippen LogP contribution in [0.15, 0.2) is 48.5 Å². The Balaban J connectivity index is 1.88. The zero-order chi connectivity index (χ0) is 20.9. The van der Waals surface area contributed by atoms with Crippen molar-refractivity contribution in [1.29, 1.82) is 0 Å². The SMILES string of the molecule is O=S(Nc1ccc(CCc2ccc(NS(=O)C(Br)(Br)Br)cc2)cc1)C(Br)(Br)Br. The fraction of sp³-hybridized carbons (Fsp3) is 0.250. The third kappa shape index (κ3) is 8.76. The summed E-state index contributed by atoms with van der Waals surface area (Å²) in [5.74, 6) is 0. The van der Waals surface area contributed by atoms with Gasteiger partial charge in [0.05, 0.1) is 0 Å². The first kappa shape index (κ1) is 25.5. The van der Waals surface area contributed by atoms with Crippen LogP contribution in [-0.4, -0.2) is 11.4 Å². The van der Waals surface area contributed by atoms with Crippen molar-refractivity contribution in [2.24, 2.45) is 0 Å². The van der Waals surface area contributed by atoms with Gasteiger partial charge in [-0.2, -0.15) is 0 Å². The number of halogens is 6. The Morgan fingerprint density at radius 2 is 0.893 bits per heavy atom. The van der Waals surface area contributed by atoms with Gasteiger partial charge in [-0.3, -0.25) is 0 Å². The van der Waals surface area contributed by atoms with E-state index in [1.807, 2.05) is 48.5 Å². The van der Waals surface area contributed by atoms with E-state index in [4.69, 9.17) is 0 Å². The van der Waals surface area contributed by atoms with Gasteiger partial charge < -0.3 is 9.44 Å². The quantitative estimate of drug-likeness (QED) is 0.291. The van der Waals surface area contributed by atoms with Gasteiger partial charge in [-0.1, -0.05) is 24.3 Å². The molecular formula is C16H14Br6N2O2S2. The van der Waals surface area contributed by atoms with E-state index < -0.39 is 24.9 Å². The number of aryl methyl sites for hydroxylation is 2. The summed E-state index contributed by atoms with van der Waals surface area (Å²) in [6.45, 7) is 0. The summed E-state index contributed by atoms with van der Waals surface area (Å²) in [7, 11) is -2.75. The number of hydrogen-bond acceptors (Lipinski definition) is 2. The molecule has 28 heavy (non-hydrogen) atoms. The summed E-state index contributed by atoms with van der Waals surface area (Å²) >= 11 is 19.4. The van der Waals surface area contributed by atoms with Gasteiger partial charge in [0.2, 0.25) is 2.95 Å². The van der Waals surface area contributed by atoms with Crippen LogP contribution in [-0.2, 0) is 34.8 Å². The molecule has 2 aromatic rings. The molecule has 0 aliphatic rings. The van der Waals surface area contributed by atoms with E-state index in [1.54, 1.807) is 0 Å². The van der Waals surface area contributed by atoms with E-state index in [1.165, 1.54) is 11.1 Å². The lowest BCUT2D eigenvalue weighted by Crippen LogP contribution is -2.17. The molecule has 2 aromatic carbocycles. The van der Waals surface area contributed by atoms with E-state index in [0.29, 0.717) is 0 Å². The number of anilines is 2. The Morgan fingerprint density at radius 1 is 0.607 bits per heavy atom. The van der Waals surface area contributed by atoms with Crippen LogP contribution in [0, 0.1) is 0 Å². The molecule has 0 aliphatic carbocycles. The highest BCUT2D eigenvalue weighted by atomic mass is 80.0. The van der Waals surface area contributed by atoms with Crippen LogP contribution in [0.2, 0.25) is 0 Å². The monoisotopic (exact) mass is 804 g/mol. The van der Waals surface area contributed by atoms with Gasteiger partial charge in [-0.15, -0.1) is 0 Å². The molecule has 0 radical (unpaired) electrons. The highest BCUT2D eigenvalue weighted by molar-refractivity contribution is 9.42. The molecule has 12 heteroatoms. The van der Waals surface area contributed by atoms with Crippen molar-refractivity contribution in [2.75, 3.05) is 9.44 Å². The fourth-order valence-corrected chi connectivity index (χ4v) is 4.49. The molecule has 4 nitrogen and oxygen atoms in total. The summed E-state index contributed by atoms with van der Waals surface area (Å²) in [4.78, 5) is 0. The van der Waals surface area contributed by atoms with Crippen LogP contribution in [0.4, 0.5) is 11.4 Å². The molecule has 2 rings (SSSR count). The van der Waals surface area contributed by atoms with Crippen molar-refractivity contribution >= 4 is 129 Å². The van der Waals surface area contributed by atoms with Crippen molar-refractivity contribution in [3.63, 3.8) is 0 Å².